The van der Waals surface area contributed by atoms with Crippen LogP contribution in [0.3, 0.4) is 0 Å². The van der Waals surface area contributed by atoms with E-state index in [-0.39, 0.29) is 17.5 Å². The molecule has 9 heteroatoms. The van der Waals surface area contributed by atoms with Crippen molar-refractivity contribution < 1.29 is 27.8 Å². The van der Waals surface area contributed by atoms with Crippen molar-refractivity contribution >= 4 is 33.4 Å². The highest BCUT2D eigenvalue weighted by Gasteiger charge is 2.36. The van der Waals surface area contributed by atoms with Crippen LogP contribution in [-0.2, 0) is 17.3 Å². The maximum atomic E-state index is 12.8. The highest BCUT2D eigenvalue weighted by atomic mass is 79.9. The molecule has 1 rings (SSSR count). The summed E-state index contributed by atoms with van der Waals surface area (Å²) in [4.78, 5) is 12.5. The normalized spacial score (nSPS) is 13.8. The van der Waals surface area contributed by atoms with Gasteiger partial charge in [0.25, 0.3) is 0 Å². The Hall–Kier alpha value is -0.800. The fourth-order valence-corrected chi connectivity index (χ4v) is 3.54. The Labute approximate surface area is 145 Å². The number of hydrogen-bond acceptors (Lipinski definition) is 4. The number of likely N-dealkylation sites (N-methyl/N-ethyl adjacent to an activating group) is 1. The summed E-state index contributed by atoms with van der Waals surface area (Å²) in [6, 6.07) is -0.683. The molecule has 0 saturated carbocycles. The van der Waals surface area contributed by atoms with Crippen LogP contribution in [0.2, 0.25) is 0 Å². The summed E-state index contributed by atoms with van der Waals surface area (Å²) in [7, 11) is 1.44. The molecule has 132 valence electrons. The monoisotopic (exact) mass is 417 g/mol. The first-order valence-electron chi connectivity index (χ1n) is 6.76. The summed E-state index contributed by atoms with van der Waals surface area (Å²) in [5.41, 5.74) is -0.311. The van der Waals surface area contributed by atoms with E-state index >= 15 is 0 Å². The molecule has 23 heavy (non-hydrogen) atoms. The largest absolute Gasteiger partial charge is 0.444 e. The van der Waals surface area contributed by atoms with Crippen LogP contribution >= 0.6 is 27.3 Å². The fourth-order valence-electron chi connectivity index (χ4n) is 1.77. The number of aliphatic hydroxyl groups excluding tert-OH is 1. The second-order valence-electron chi connectivity index (χ2n) is 6.03. The molecule has 0 aliphatic heterocycles. The molecule has 0 fully saturated rings. The van der Waals surface area contributed by atoms with Crippen LogP contribution in [0.1, 0.15) is 31.2 Å². The lowest BCUT2D eigenvalue weighted by Crippen LogP contribution is -2.43. The van der Waals surface area contributed by atoms with E-state index in [0.717, 1.165) is 0 Å². The van der Waals surface area contributed by atoms with Crippen LogP contribution in [0.5, 0.6) is 0 Å². The third-order valence-electron chi connectivity index (χ3n) is 2.95. The molecule has 0 aliphatic carbocycles. The van der Waals surface area contributed by atoms with Crippen molar-refractivity contribution in [3.05, 3.63) is 20.3 Å². The highest BCUT2D eigenvalue weighted by molar-refractivity contribution is 9.10. The molecule has 1 amide bonds. The Bertz CT molecular complexity index is 554. The number of ether oxygens (including phenoxy) is 1. The molecule has 1 aromatic rings. The number of amides is 1. The van der Waals surface area contributed by atoms with Crippen molar-refractivity contribution in [1.29, 1.82) is 0 Å². The molecular formula is C14H19BrF3NO3S. The highest BCUT2D eigenvalue weighted by Crippen LogP contribution is 2.41. The molecular weight excluding hydrogens is 399 g/mol. The molecule has 4 nitrogen and oxygen atoms in total. The Morgan fingerprint density at radius 1 is 1.43 bits per heavy atom. The maximum Gasteiger partial charge on any atom is 0.426 e. The summed E-state index contributed by atoms with van der Waals surface area (Å²) in [6.07, 6.45) is -4.99. The Morgan fingerprint density at radius 3 is 2.39 bits per heavy atom. The zero-order valence-corrected chi connectivity index (χ0v) is 15.6. The Kier molecular flexibility index (Phi) is 6.51. The first-order chi connectivity index (χ1) is 10.4. The van der Waals surface area contributed by atoms with Gasteiger partial charge in [0.15, 0.2) is 0 Å². The van der Waals surface area contributed by atoms with Crippen molar-refractivity contribution in [2.75, 3.05) is 13.7 Å². The standard InChI is InChI=1S/C14H19BrF3NO3S/c1-13(2,3)22-12(21)19(4)9(6-20)5-8-7-23-11(10(8)15)14(16,17)18/h7,9,20H,5-6H2,1-4H3. The molecule has 0 bridgehead atoms. The average molecular weight is 418 g/mol. The van der Waals surface area contributed by atoms with Crippen LogP contribution in [0, 0.1) is 0 Å². The van der Waals surface area contributed by atoms with Gasteiger partial charge in [0, 0.05) is 11.5 Å². The zero-order valence-electron chi connectivity index (χ0n) is 13.2. The number of nitrogens with zero attached hydrogens (tertiary/aromatic N) is 1. The van der Waals surface area contributed by atoms with Gasteiger partial charge < -0.3 is 14.7 Å². The second-order valence-corrected chi connectivity index (χ2v) is 7.71. The number of halogens is 4. The van der Waals surface area contributed by atoms with E-state index in [4.69, 9.17) is 4.74 Å². The van der Waals surface area contributed by atoms with E-state index in [1.807, 2.05) is 0 Å². The van der Waals surface area contributed by atoms with Crippen LogP contribution in [0.15, 0.2) is 9.85 Å². The van der Waals surface area contributed by atoms with Crippen molar-refractivity contribution in [2.24, 2.45) is 0 Å². The number of rotatable bonds is 4. The lowest BCUT2D eigenvalue weighted by molar-refractivity contribution is -0.134. The SMILES string of the molecule is CN(C(=O)OC(C)(C)C)C(CO)Cc1csc(C(F)(F)F)c1Br. The Balaban J connectivity index is 2.89. The minimum absolute atomic E-state index is 0.0500. The summed E-state index contributed by atoms with van der Waals surface area (Å²) >= 11 is 3.53. The third-order valence-corrected chi connectivity index (χ3v) is 5.20. The lowest BCUT2D eigenvalue weighted by atomic mass is 10.1. The van der Waals surface area contributed by atoms with Gasteiger partial charge in [-0.2, -0.15) is 13.2 Å². The second kappa shape index (κ2) is 7.40. The summed E-state index contributed by atoms with van der Waals surface area (Å²) in [6.45, 7) is 4.73. The number of aliphatic hydroxyl groups is 1. The van der Waals surface area contributed by atoms with Crippen LogP contribution < -0.4 is 0 Å². The third kappa shape index (κ3) is 5.65. The van der Waals surface area contributed by atoms with Crippen LogP contribution in [0.25, 0.3) is 0 Å². The van der Waals surface area contributed by atoms with Crippen molar-refractivity contribution in [3.8, 4) is 0 Å². The number of carbonyl (C=O) groups is 1. The van der Waals surface area contributed by atoms with Crippen molar-refractivity contribution in [2.45, 2.75) is 45.0 Å². The summed E-state index contributed by atoms with van der Waals surface area (Å²) < 4.78 is 43.5. The van der Waals surface area contributed by atoms with Crippen molar-refractivity contribution in [3.63, 3.8) is 0 Å². The number of hydrogen-bond donors (Lipinski definition) is 1. The molecule has 0 radical (unpaired) electrons. The van der Waals surface area contributed by atoms with Gasteiger partial charge in [-0.3, -0.25) is 0 Å². The molecule has 0 aliphatic rings. The molecule has 1 N–H and O–H groups in total. The fraction of sp³-hybridized carbons (Fsp3) is 0.643. The quantitative estimate of drug-likeness (QED) is 0.794. The minimum atomic E-state index is -4.44. The van der Waals surface area contributed by atoms with Gasteiger partial charge in [0.1, 0.15) is 10.5 Å². The smallest absolute Gasteiger partial charge is 0.426 e. The predicted molar refractivity (Wildman–Crippen MR) is 85.6 cm³/mol. The molecule has 1 heterocycles. The molecule has 1 atom stereocenters. The molecule has 1 aromatic heterocycles. The van der Waals surface area contributed by atoms with E-state index in [1.54, 1.807) is 20.8 Å². The summed E-state index contributed by atoms with van der Waals surface area (Å²) in [5, 5.41) is 10.9. The van der Waals surface area contributed by atoms with E-state index < -0.39 is 28.8 Å². The molecule has 1 unspecified atom stereocenters. The van der Waals surface area contributed by atoms with E-state index in [0.29, 0.717) is 16.9 Å². The molecule has 0 spiro atoms. The average Bonchev–Trinajstić information content (AvgIpc) is 2.74. The van der Waals surface area contributed by atoms with Gasteiger partial charge in [-0.15, -0.1) is 11.3 Å². The first kappa shape index (κ1) is 20.2. The number of carbonyl (C=O) groups excluding carboxylic acids is 1. The van der Waals surface area contributed by atoms with Crippen LogP contribution in [-0.4, -0.2) is 41.4 Å². The first-order valence-corrected chi connectivity index (χ1v) is 8.43. The zero-order chi connectivity index (χ0) is 18.0. The van der Waals surface area contributed by atoms with Crippen LogP contribution in [0.4, 0.5) is 18.0 Å². The van der Waals surface area contributed by atoms with Gasteiger partial charge in [0.2, 0.25) is 0 Å². The summed E-state index contributed by atoms with van der Waals surface area (Å²) in [5.74, 6) is 0. The van der Waals surface area contributed by atoms with Crippen molar-refractivity contribution in [1.82, 2.24) is 4.90 Å². The van der Waals surface area contributed by atoms with Gasteiger partial charge in [-0.05, 0) is 54.1 Å². The maximum absolute atomic E-state index is 12.8. The topological polar surface area (TPSA) is 49.8 Å². The Morgan fingerprint density at radius 2 is 2.00 bits per heavy atom. The van der Waals surface area contributed by atoms with Gasteiger partial charge in [0.05, 0.1) is 12.6 Å². The number of alkyl halides is 3. The lowest BCUT2D eigenvalue weighted by Gasteiger charge is -2.29. The van der Waals surface area contributed by atoms with E-state index in [9.17, 15) is 23.1 Å². The van der Waals surface area contributed by atoms with E-state index in [1.165, 1.54) is 17.3 Å². The molecule has 0 aromatic carbocycles. The predicted octanol–water partition coefficient (Wildman–Crippen LogP) is 4.30. The van der Waals surface area contributed by atoms with Gasteiger partial charge in [-0.25, -0.2) is 4.79 Å². The van der Waals surface area contributed by atoms with Gasteiger partial charge in [-0.1, -0.05) is 0 Å². The number of thiophene rings is 1. The molecule has 0 saturated heterocycles. The van der Waals surface area contributed by atoms with E-state index in [2.05, 4.69) is 15.9 Å². The van der Waals surface area contributed by atoms with Gasteiger partial charge >= 0.3 is 12.3 Å². The minimum Gasteiger partial charge on any atom is -0.444 e.